The van der Waals surface area contributed by atoms with Gasteiger partial charge in [0.2, 0.25) is 0 Å². The molecule has 104 valence electrons. The van der Waals surface area contributed by atoms with E-state index in [2.05, 4.69) is 65.1 Å². The molecule has 0 fully saturated rings. The number of hydrogen-bond acceptors (Lipinski definition) is 3. The minimum atomic E-state index is -2.60. The van der Waals surface area contributed by atoms with Gasteiger partial charge in [-0.15, -0.1) is 0 Å². The van der Waals surface area contributed by atoms with E-state index in [-0.39, 0.29) is 0 Å². The van der Waals surface area contributed by atoms with Gasteiger partial charge >= 0.3 is 114 Å². The predicted molar refractivity (Wildman–Crippen MR) is 80.4 cm³/mol. The summed E-state index contributed by atoms with van der Waals surface area (Å²) in [5, 5.41) is 0. The Bertz CT molecular complexity index is 165. The van der Waals surface area contributed by atoms with Gasteiger partial charge in [-0.1, -0.05) is 0 Å². The van der Waals surface area contributed by atoms with Crippen LogP contribution in [-0.4, -0.2) is 69.3 Å². The molecule has 3 nitrogen and oxygen atoms in total. The molecule has 0 bridgehead atoms. The molecule has 0 saturated carbocycles. The summed E-state index contributed by atoms with van der Waals surface area (Å²) in [6.45, 7) is 15.2. The van der Waals surface area contributed by atoms with Crippen LogP contribution in [0.25, 0.3) is 0 Å². The fraction of sp³-hybridized carbons (Fsp3) is 1.00. The first kappa shape index (κ1) is 17.7. The van der Waals surface area contributed by atoms with E-state index in [1.807, 2.05) is 0 Å². The molecule has 0 aromatic heterocycles. The summed E-state index contributed by atoms with van der Waals surface area (Å²) in [5.41, 5.74) is 0. The molecule has 4 heteroatoms. The van der Waals surface area contributed by atoms with Crippen LogP contribution >= 0.6 is 0 Å². The van der Waals surface area contributed by atoms with Crippen molar-refractivity contribution in [3.8, 4) is 0 Å². The van der Waals surface area contributed by atoms with Crippen LogP contribution in [0.5, 0.6) is 0 Å². The first-order valence-corrected chi connectivity index (χ1v) is 12.5. The van der Waals surface area contributed by atoms with Crippen molar-refractivity contribution in [1.82, 2.24) is 9.36 Å². The summed E-state index contributed by atoms with van der Waals surface area (Å²) < 4.78 is 8.89. The first-order chi connectivity index (χ1) is 7.93. The molecule has 1 unspecified atom stereocenters. The Balaban J connectivity index is 5.51. The fourth-order valence-electron chi connectivity index (χ4n) is 2.97. The third-order valence-electron chi connectivity index (χ3n) is 4.38. The van der Waals surface area contributed by atoms with Crippen LogP contribution < -0.4 is 0 Å². The van der Waals surface area contributed by atoms with Gasteiger partial charge in [-0.25, -0.2) is 0 Å². The van der Waals surface area contributed by atoms with Crippen molar-refractivity contribution in [2.24, 2.45) is 0 Å². The van der Waals surface area contributed by atoms with Gasteiger partial charge in [0.15, 0.2) is 0 Å². The standard InChI is InChI=1S/C4H9.3C3H8N.Sn/c4*1-3-4-2;/h3H,4H2,1-2H3;3*3H2,1-2H3;/q;3*-1;+3. The molecular weight excluding hydrogens is 317 g/mol. The van der Waals surface area contributed by atoms with Gasteiger partial charge in [0.1, 0.15) is 0 Å². The Kier molecular flexibility index (Phi) is 8.29. The molecule has 0 N–H and O–H groups in total. The molecule has 0 heterocycles. The van der Waals surface area contributed by atoms with Gasteiger partial charge in [0.25, 0.3) is 0 Å². The van der Waals surface area contributed by atoms with Crippen LogP contribution in [0.2, 0.25) is 3.93 Å². The average molecular weight is 350 g/mol. The Morgan fingerprint density at radius 3 is 1.24 bits per heavy atom. The summed E-state index contributed by atoms with van der Waals surface area (Å²) in [6, 6.07) is 0. The number of rotatable bonds is 8. The molecule has 1 atom stereocenters. The van der Waals surface area contributed by atoms with E-state index in [1.165, 1.54) is 6.42 Å². The van der Waals surface area contributed by atoms with Crippen molar-refractivity contribution in [3.63, 3.8) is 0 Å². The zero-order chi connectivity index (χ0) is 13.6. The molecule has 0 spiro atoms. The Labute approximate surface area is 114 Å². The van der Waals surface area contributed by atoms with Crippen LogP contribution in [0, 0.1) is 0 Å². The van der Waals surface area contributed by atoms with Gasteiger partial charge in [0.05, 0.1) is 0 Å². The molecule has 0 amide bonds. The van der Waals surface area contributed by atoms with Crippen molar-refractivity contribution in [3.05, 3.63) is 0 Å². The normalized spacial score (nSPS) is 15.0. The average Bonchev–Trinajstić information content (AvgIpc) is 2.37. The molecule has 0 aliphatic heterocycles. The van der Waals surface area contributed by atoms with Crippen molar-refractivity contribution in [2.75, 3.05) is 40.8 Å². The van der Waals surface area contributed by atoms with Crippen molar-refractivity contribution in [2.45, 2.75) is 45.0 Å². The second-order valence-corrected chi connectivity index (χ2v) is 18.3. The maximum atomic E-state index is 2.69. The topological polar surface area (TPSA) is 9.72 Å². The Hall–Kier alpha value is 0.679. The van der Waals surface area contributed by atoms with Gasteiger partial charge in [-0.3, -0.25) is 0 Å². The first-order valence-electron chi connectivity index (χ1n) is 7.06. The van der Waals surface area contributed by atoms with Crippen molar-refractivity contribution in [1.29, 1.82) is 0 Å². The summed E-state index contributed by atoms with van der Waals surface area (Å²) in [5.74, 6) is 0. The summed E-state index contributed by atoms with van der Waals surface area (Å²) in [6.07, 6.45) is 1.29. The SMILES string of the molecule is CC[CH](C)[Sn]([N](C)CC)([N](C)CC)[N](C)CC. The monoisotopic (exact) mass is 351 g/mol. The molecule has 0 aromatic rings. The summed E-state index contributed by atoms with van der Waals surface area (Å²) >= 11 is -2.60. The van der Waals surface area contributed by atoms with Gasteiger partial charge < -0.3 is 0 Å². The summed E-state index contributed by atoms with van der Waals surface area (Å²) in [4.78, 5) is 0. The maximum absolute atomic E-state index is 2.69. The van der Waals surface area contributed by atoms with E-state index in [9.17, 15) is 0 Å². The van der Waals surface area contributed by atoms with Crippen LogP contribution in [0.1, 0.15) is 41.0 Å². The Morgan fingerprint density at radius 1 is 0.765 bits per heavy atom. The molecule has 0 aromatic carbocycles. The quantitative estimate of drug-likeness (QED) is 0.623. The molecule has 0 aliphatic carbocycles. The third kappa shape index (κ3) is 3.37. The van der Waals surface area contributed by atoms with Crippen molar-refractivity contribution < 1.29 is 0 Å². The van der Waals surface area contributed by atoms with Gasteiger partial charge in [-0.2, -0.15) is 0 Å². The number of nitrogens with zero attached hydrogens (tertiary/aromatic N) is 3. The van der Waals surface area contributed by atoms with Crippen LogP contribution in [0.15, 0.2) is 0 Å². The van der Waals surface area contributed by atoms with E-state index < -0.39 is 19.2 Å². The molecule has 0 aliphatic rings. The van der Waals surface area contributed by atoms with Crippen LogP contribution in [-0.2, 0) is 0 Å². The van der Waals surface area contributed by atoms with Crippen LogP contribution in [0.3, 0.4) is 0 Å². The van der Waals surface area contributed by atoms with E-state index in [0.717, 1.165) is 23.6 Å². The van der Waals surface area contributed by atoms with E-state index >= 15 is 0 Å². The molecule has 0 saturated heterocycles. The minimum absolute atomic E-state index is 0.823. The molecule has 0 rings (SSSR count). The van der Waals surface area contributed by atoms with E-state index in [4.69, 9.17) is 0 Å². The van der Waals surface area contributed by atoms with E-state index in [1.54, 1.807) is 0 Å². The zero-order valence-corrected chi connectivity index (χ0v) is 16.1. The molecule has 17 heavy (non-hydrogen) atoms. The molecule has 0 radical (unpaired) electrons. The second-order valence-electron chi connectivity index (χ2n) is 5.04. The fourth-order valence-corrected chi connectivity index (χ4v) is 20.0. The van der Waals surface area contributed by atoms with Gasteiger partial charge in [0, 0.05) is 0 Å². The van der Waals surface area contributed by atoms with Crippen molar-refractivity contribution >= 4 is 19.2 Å². The second kappa shape index (κ2) is 7.97. The predicted octanol–water partition coefficient (Wildman–Crippen LogP) is 2.58. The molecular formula is C13H33N3Sn. The van der Waals surface area contributed by atoms with E-state index in [0.29, 0.717) is 0 Å². The number of hydrogen-bond donors (Lipinski definition) is 0. The van der Waals surface area contributed by atoms with Crippen LogP contribution in [0.4, 0.5) is 0 Å². The summed E-state index contributed by atoms with van der Waals surface area (Å²) in [7, 11) is 7.00. The zero-order valence-electron chi connectivity index (χ0n) is 13.2. The Morgan fingerprint density at radius 2 is 1.06 bits per heavy atom. The third-order valence-corrected chi connectivity index (χ3v) is 21.6. The van der Waals surface area contributed by atoms with Gasteiger partial charge in [-0.05, 0) is 0 Å².